The Morgan fingerprint density at radius 2 is 1.65 bits per heavy atom. The average Bonchev–Trinajstić information content (AvgIpc) is 3.06. The van der Waals surface area contributed by atoms with E-state index in [4.69, 9.17) is 0 Å². The van der Waals surface area contributed by atoms with Crippen molar-refractivity contribution in [1.82, 2.24) is 10.9 Å². The molecule has 0 aromatic heterocycles. The van der Waals surface area contributed by atoms with Gasteiger partial charge in [-0.25, -0.2) is 21.2 Å². The molecule has 1 atom stereocenters. The third kappa shape index (κ3) is 6.25. The summed E-state index contributed by atoms with van der Waals surface area (Å²) in [6.45, 7) is 0. The number of benzene rings is 2. The number of hydrogen-bond donors (Lipinski definition) is 3. The molecule has 31 heavy (non-hydrogen) atoms. The minimum Gasteiger partial charge on any atom is -0.280 e. The Kier molecular flexibility index (Phi) is 6.60. The average molecular weight is 470 g/mol. The van der Waals surface area contributed by atoms with E-state index in [1.165, 1.54) is 36.4 Å². The van der Waals surface area contributed by atoms with Gasteiger partial charge in [-0.2, -0.15) is 0 Å². The minimum absolute atomic E-state index is 0.0221. The molecule has 1 aliphatic heterocycles. The fourth-order valence-corrected chi connectivity index (χ4v) is 5.98. The third-order valence-corrected chi connectivity index (χ3v) is 7.87. The summed E-state index contributed by atoms with van der Waals surface area (Å²) in [5.41, 5.74) is 4.71. The Morgan fingerprint density at radius 3 is 2.23 bits per heavy atom. The van der Waals surface area contributed by atoms with E-state index in [-0.39, 0.29) is 40.0 Å². The van der Waals surface area contributed by atoms with Crippen LogP contribution in [0.3, 0.4) is 0 Å². The number of nitrogens with one attached hydrogen (secondary N) is 3. The van der Waals surface area contributed by atoms with E-state index in [0.717, 1.165) is 12.1 Å². The smallest absolute Gasteiger partial charge is 0.269 e. The summed E-state index contributed by atoms with van der Waals surface area (Å²) < 4.78 is 62.9. The first kappa shape index (κ1) is 22.7. The predicted octanol–water partition coefficient (Wildman–Crippen LogP) is 1.21. The fourth-order valence-electron chi connectivity index (χ4n) is 3.06. The van der Waals surface area contributed by atoms with Crippen molar-refractivity contribution in [3.8, 4) is 0 Å². The van der Waals surface area contributed by atoms with E-state index < -0.39 is 37.5 Å². The van der Waals surface area contributed by atoms with Gasteiger partial charge in [0.25, 0.3) is 15.9 Å². The summed E-state index contributed by atoms with van der Waals surface area (Å²) in [7, 11) is -7.03. The van der Waals surface area contributed by atoms with E-state index in [0.29, 0.717) is 6.42 Å². The zero-order chi connectivity index (χ0) is 22.6. The molecule has 12 heteroatoms. The Hall–Kier alpha value is -2.99. The summed E-state index contributed by atoms with van der Waals surface area (Å²) in [5, 5.41) is 0. The molecule has 2 aromatic rings. The summed E-state index contributed by atoms with van der Waals surface area (Å²) >= 11 is 0. The molecular weight excluding hydrogens is 449 g/mol. The van der Waals surface area contributed by atoms with Gasteiger partial charge < -0.3 is 0 Å². The molecule has 1 saturated heterocycles. The number of carbonyl (C=O) groups excluding carboxylic acids is 2. The molecule has 1 heterocycles. The van der Waals surface area contributed by atoms with Crippen molar-refractivity contribution < 1.29 is 30.8 Å². The lowest BCUT2D eigenvalue weighted by Gasteiger charge is -2.11. The maximum absolute atomic E-state index is 12.9. The zero-order valence-corrected chi connectivity index (χ0v) is 17.8. The summed E-state index contributed by atoms with van der Waals surface area (Å²) in [4.78, 5) is 23.9. The van der Waals surface area contributed by atoms with Gasteiger partial charge >= 0.3 is 0 Å². The summed E-state index contributed by atoms with van der Waals surface area (Å²) in [5.74, 6) is -1.95. The molecule has 0 saturated carbocycles. The number of sulfone groups is 1. The highest BCUT2D eigenvalue weighted by atomic mass is 32.2. The molecule has 1 aliphatic rings. The van der Waals surface area contributed by atoms with Crippen molar-refractivity contribution in [2.24, 2.45) is 5.92 Å². The topological polar surface area (TPSA) is 139 Å². The van der Waals surface area contributed by atoms with Crippen molar-refractivity contribution in [1.29, 1.82) is 0 Å². The monoisotopic (exact) mass is 469 g/mol. The van der Waals surface area contributed by atoms with Crippen molar-refractivity contribution in [3.05, 3.63) is 59.9 Å². The van der Waals surface area contributed by atoms with E-state index in [1.54, 1.807) is 0 Å². The van der Waals surface area contributed by atoms with Crippen LogP contribution in [0.25, 0.3) is 0 Å². The third-order valence-electron chi connectivity index (χ3n) is 4.64. The molecule has 3 rings (SSSR count). The molecule has 2 amide bonds. The highest BCUT2D eigenvalue weighted by Crippen LogP contribution is 2.21. The Bertz CT molecular complexity index is 1180. The highest BCUT2D eigenvalue weighted by molar-refractivity contribution is 7.92. The standard InChI is InChI=1S/C19H20FN3O6S2/c20-15-3-5-16(6-4-15)23-31(28,29)17-7-1-14(2-8-17)19(25)22-21-18(24)11-13-9-10-30(26,27)12-13/h1-8,13,23H,9-12H2,(H,21,24)(H,22,25). The number of hydrogen-bond acceptors (Lipinski definition) is 6. The molecule has 3 N–H and O–H groups in total. The van der Waals surface area contributed by atoms with E-state index in [1.807, 2.05) is 0 Å². The Morgan fingerprint density at radius 1 is 1.00 bits per heavy atom. The second-order valence-corrected chi connectivity index (χ2v) is 11.0. The van der Waals surface area contributed by atoms with Crippen molar-refractivity contribution in [2.75, 3.05) is 16.2 Å². The van der Waals surface area contributed by atoms with Crippen molar-refractivity contribution >= 4 is 37.4 Å². The van der Waals surface area contributed by atoms with Gasteiger partial charge in [-0.3, -0.25) is 25.2 Å². The van der Waals surface area contributed by atoms with Crippen molar-refractivity contribution in [3.63, 3.8) is 0 Å². The zero-order valence-electron chi connectivity index (χ0n) is 16.2. The lowest BCUT2D eigenvalue weighted by molar-refractivity contribution is -0.122. The first-order valence-corrected chi connectivity index (χ1v) is 12.5. The van der Waals surface area contributed by atoms with Crippen LogP contribution < -0.4 is 15.6 Å². The molecule has 0 bridgehead atoms. The Balaban J connectivity index is 1.54. The lowest BCUT2D eigenvalue weighted by Crippen LogP contribution is -2.42. The molecule has 0 spiro atoms. The van der Waals surface area contributed by atoms with Crippen LogP contribution in [-0.2, 0) is 24.7 Å². The van der Waals surface area contributed by atoms with Crippen LogP contribution in [0, 0.1) is 11.7 Å². The quantitative estimate of drug-likeness (QED) is 0.544. The van der Waals surface area contributed by atoms with E-state index in [9.17, 15) is 30.8 Å². The number of amides is 2. The second kappa shape index (κ2) is 9.02. The van der Waals surface area contributed by atoms with Crippen LogP contribution in [0.1, 0.15) is 23.2 Å². The van der Waals surface area contributed by atoms with Gasteiger partial charge in [-0.15, -0.1) is 0 Å². The number of sulfonamides is 1. The van der Waals surface area contributed by atoms with Gasteiger partial charge in [0.1, 0.15) is 5.82 Å². The molecule has 0 aliphatic carbocycles. The molecule has 166 valence electrons. The molecule has 0 radical (unpaired) electrons. The summed E-state index contributed by atoms with van der Waals surface area (Å²) in [6.07, 6.45) is 0.386. The van der Waals surface area contributed by atoms with E-state index in [2.05, 4.69) is 15.6 Å². The van der Waals surface area contributed by atoms with Gasteiger partial charge in [-0.1, -0.05) is 0 Å². The predicted molar refractivity (Wildman–Crippen MR) is 111 cm³/mol. The van der Waals surface area contributed by atoms with Gasteiger partial charge in [0.05, 0.1) is 16.4 Å². The number of hydrazine groups is 1. The minimum atomic E-state index is -3.94. The van der Waals surface area contributed by atoms with Crippen LogP contribution >= 0.6 is 0 Å². The molecular formula is C19H20FN3O6S2. The SMILES string of the molecule is O=C(CC1CCS(=O)(=O)C1)NNC(=O)c1ccc(S(=O)(=O)Nc2ccc(F)cc2)cc1. The largest absolute Gasteiger partial charge is 0.280 e. The van der Waals surface area contributed by atoms with Crippen LogP contribution in [0.2, 0.25) is 0 Å². The molecule has 2 aromatic carbocycles. The second-order valence-electron chi connectivity index (χ2n) is 7.11. The highest BCUT2D eigenvalue weighted by Gasteiger charge is 2.29. The number of halogens is 1. The lowest BCUT2D eigenvalue weighted by atomic mass is 10.1. The van der Waals surface area contributed by atoms with Crippen LogP contribution in [-0.4, -0.2) is 40.2 Å². The maximum atomic E-state index is 12.9. The number of carbonyl (C=O) groups is 2. The normalized spacial score (nSPS) is 17.6. The van der Waals surface area contributed by atoms with Crippen LogP contribution in [0.15, 0.2) is 53.4 Å². The first-order valence-electron chi connectivity index (χ1n) is 9.22. The number of rotatable bonds is 6. The van der Waals surface area contributed by atoms with Gasteiger partial charge in [0.2, 0.25) is 5.91 Å². The summed E-state index contributed by atoms with van der Waals surface area (Å²) in [6, 6.07) is 9.75. The van der Waals surface area contributed by atoms with Crippen LogP contribution in [0.4, 0.5) is 10.1 Å². The maximum Gasteiger partial charge on any atom is 0.269 e. The molecule has 1 unspecified atom stereocenters. The van der Waals surface area contributed by atoms with E-state index >= 15 is 0 Å². The molecule has 9 nitrogen and oxygen atoms in total. The van der Waals surface area contributed by atoms with Crippen molar-refractivity contribution in [2.45, 2.75) is 17.7 Å². The van der Waals surface area contributed by atoms with Gasteiger partial charge in [-0.05, 0) is 60.9 Å². The first-order chi connectivity index (χ1) is 14.5. The van der Waals surface area contributed by atoms with Gasteiger partial charge in [0.15, 0.2) is 9.84 Å². The number of anilines is 1. The Labute approximate surface area is 179 Å². The van der Waals surface area contributed by atoms with Gasteiger partial charge in [0, 0.05) is 17.7 Å². The fraction of sp³-hybridized carbons (Fsp3) is 0.263. The van der Waals surface area contributed by atoms with Crippen LogP contribution in [0.5, 0.6) is 0 Å². The molecule has 1 fully saturated rings.